The van der Waals surface area contributed by atoms with Crippen LogP contribution < -0.4 is 14.7 Å². The van der Waals surface area contributed by atoms with Gasteiger partial charge in [-0.2, -0.15) is 0 Å². The van der Waals surface area contributed by atoms with Crippen molar-refractivity contribution in [2.75, 3.05) is 14.7 Å². The van der Waals surface area contributed by atoms with Crippen LogP contribution in [0.4, 0.5) is 51.2 Å². The van der Waals surface area contributed by atoms with Crippen LogP contribution in [0.3, 0.4) is 0 Å². The van der Waals surface area contributed by atoms with Crippen molar-refractivity contribution in [3.63, 3.8) is 0 Å². The summed E-state index contributed by atoms with van der Waals surface area (Å²) in [5.74, 6) is 0. The number of benzene rings is 20. The van der Waals surface area contributed by atoms with Crippen LogP contribution in [0.25, 0.3) is 154 Å². The summed E-state index contributed by atoms with van der Waals surface area (Å²) in [6.07, 6.45) is 6.57. The summed E-state index contributed by atoms with van der Waals surface area (Å²) in [5, 5.41) is 16.3. The van der Waals surface area contributed by atoms with E-state index in [1.54, 1.807) is 0 Å². The van der Waals surface area contributed by atoms with Crippen LogP contribution in [-0.4, -0.2) is 27.4 Å². The van der Waals surface area contributed by atoms with E-state index >= 15 is 0 Å². The van der Waals surface area contributed by atoms with Gasteiger partial charge in [0.05, 0.1) is 49.7 Å². The maximum atomic E-state index is 2.43. The summed E-state index contributed by atoms with van der Waals surface area (Å²) in [5.41, 5.74) is 30.7. The average molecular weight is 1790 g/mol. The number of para-hydroxylation sites is 8. The first-order valence-electron chi connectivity index (χ1n) is 48.0. The topological polar surface area (TPSA) is 39.3 Å². The zero-order valence-corrected chi connectivity index (χ0v) is 78.4. The van der Waals surface area contributed by atoms with Gasteiger partial charge in [-0.05, 0) is 286 Å². The Bertz CT molecular complexity index is 9000. The summed E-state index contributed by atoms with van der Waals surface area (Å²) in [6, 6.07) is 175. The summed E-state index contributed by atoms with van der Waals surface area (Å²) >= 11 is 0. The second kappa shape index (κ2) is 35.0. The molecule has 0 spiro atoms. The van der Waals surface area contributed by atoms with Crippen molar-refractivity contribution in [3.8, 4) is 34.1 Å². The van der Waals surface area contributed by atoms with Crippen molar-refractivity contribution >= 4 is 171 Å². The van der Waals surface area contributed by atoms with Crippen molar-refractivity contribution in [1.82, 2.24) is 27.4 Å². The van der Waals surface area contributed by atoms with E-state index in [-0.39, 0.29) is 10.8 Å². The zero-order chi connectivity index (χ0) is 93.4. The Balaban J connectivity index is 0.000000113. The van der Waals surface area contributed by atoms with Gasteiger partial charge < -0.3 is 42.1 Å². The van der Waals surface area contributed by atoms with E-state index in [0.717, 1.165) is 73.9 Å². The zero-order valence-electron chi connectivity index (χ0n) is 78.4. The van der Waals surface area contributed by atoms with Crippen molar-refractivity contribution < 1.29 is 0 Å². The first-order chi connectivity index (χ1) is 68.2. The summed E-state index contributed by atoms with van der Waals surface area (Å²) in [6.45, 7) is 13.6. The molecule has 0 bridgehead atoms. The molecule has 0 unspecified atom stereocenters. The number of anilines is 9. The van der Waals surface area contributed by atoms with Crippen LogP contribution in [0, 0.1) is 0 Å². The highest BCUT2D eigenvalue weighted by atomic mass is 15.2. The number of hydrogen-bond donors (Lipinski definition) is 0. The first-order valence-corrected chi connectivity index (χ1v) is 48.0. The molecule has 0 fully saturated rings. The molecule has 6 heterocycles. The van der Waals surface area contributed by atoms with Crippen LogP contribution in [-0.2, 0) is 10.8 Å². The van der Waals surface area contributed by atoms with Crippen molar-refractivity contribution in [2.24, 2.45) is 0 Å². The number of nitrogens with zero attached hydrogens (tertiary/aromatic N) is 9. The highest BCUT2D eigenvalue weighted by Gasteiger charge is 2.26. The van der Waals surface area contributed by atoms with Gasteiger partial charge in [0.15, 0.2) is 0 Å². The maximum Gasteiger partial charge on any atom is 0.0548 e. The van der Waals surface area contributed by atoms with E-state index in [1.165, 1.54) is 142 Å². The SMILES string of the molecule is CC(C)(C)c1ccc(N(c2ccc(C(C)(C)C)cc2)c2cccc(-n3c4ccccc4c4c5ccn(-c6ccccc6)c5ccc43)c2)cc1.c1ccc(N(c2ccc(-n3c4ccccc4c4c5ccn(-c6ccccc6)c5ccc43)cc2)c2ccc3ccccc3c2)cc1.c1ccc(N(c2cccc(-n3c4ccccc4c4c5ccn(-c6ccccc6)c5ccc43)c2)c2ccc3ccccc3c2)cc1. The Morgan fingerprint density at radius 2 is 0.403 bits per heavy atom. The normalized spacial score (nSPS) is 11.8. The fourth-order valence-electron chi connectivity index (χ4n) is 21.0. The minimum atomic E-state index is 0.0850. The third-order valence-electron chi connectivity index (χ3n) is 27.7. The lowest BCUT2D eigenvalue weighted by atomic mass is 9.86. The molecular formula is C130H101N9. The lowest BCUT2D eigenvalue weighted by molar-refractivity contribution is 0.590. The standard InChI is InChI=1S/C46H43N3.2C42H29N3/c1-45(2,3)32-19-23-35(24-20-32)48(36-25-21-33(22-26-36)46(4,5)6)37-15-12-16-38(31-37)49-42-18-11-10-17-39(42)44-40-29-30-47(34-13-8-7-9-14-34)41(40)27-28-43(44)49;1-3-14-32(15-4-1)43-27-26-38-39(43)24-25-41-42(38)37-20-9-10-21-40(37)45(41)35-19-11-18-34(29-35)44(33-16-5-2-6-17-33)36-23-22-30-12-7-8-13-31(30)28-36;1-3-13-32(14-4-1)43-28-27-38-39(43)25-26-41-42(38)37-17-9-10-18-40(37)45(41)35-23-21-34(22-24-35)44(33-15-5-2-6-16-33)36-20-19-30-11-7-8-12-31(30)29-36/h7-31H,1-6H3;2*1-29H. The Kier molecular flexibility index (Phi) is 21.2. The third-order valence-corrected chi connectivity index (χ3v) is 27.7. The summed E-state index contributed by atoms with van der Waals surface area (Å²) in [4.78, 5) is 7.06. The monoisotopic (exact) mass is 1790 g/mol. The van der Waals surface area contributed by atoms with Crippen molar-refractivity contribution in [2.45, 2.75) is 52.4 Å². The molecule has 0 N–H and O–H groups in total. The van der Waals surface area contributed by atoms with E-state index in [2.05, 4.69) is 588 Å². The number of fused-ring (bicyclic) bond motifs is 17. The van der Waals surface area contributed by atoms with E-state index in [4.69, 9.17) is 0 Å². The van der Waals surface area contributed by atoms with Crippen LogP contribution in [0.1, 0.15) is 52.7 Å². The van der Waals surface area contributed by atoms with Gasteiger partial charge in [-0.1, -0.05) is 284 Å². The average Bonchev–Trinajstić information content (AvgIpc) is 1.57. The van der Waals surface area contributed by atoms with Gasteiger partial charge in [0.1, 0.15) is 0 Å². The molecule has 20 aromatic carbocycles. The van der Waals surface area contributed by atoms with Crippen molar-refractivity contribution in [1.29, 1.82) is 0 Å². The minimum absolute atomic E-state index is 0.0850. The fraction of sp³-hybridized carbons (Fsp3) is 0.0615. The molecular weight excluding hydrogens is 1690 g/mol. The molecule has 26 rings (SSSR count). The summed E-state index contributed by atoms with van der Waals surface area (Å²) in [7, 11) is 0. The minimum Gasteiger partial charge on any atom is -0.317 e. The predicted molar refractivity (Wildman–Crippen MR) is 589 cm³/mol. The van der Waals surface area contributed by atoms with Gasteiger partial charge in [0.25, 0.3) is 0 Å². The van der Waals surface area contributed by atoms with Crippen LogP contribution in [0.2, 0.25) is 0 Å². The molecule has 26 aromatic rings. The second-order valence-electron chi connectivity index (χ2n) is 38.2. The molecule has 666 valence electrons. The van der Waals surface area contributed by atoms with Gasteiger partial charge >= 0.3 is 0 Å². The lowest BCUT2D eigenvalue weighted by Crippen LogP contribution is -2.14. The molecule has 139 heavy (non-hydrogen) atoms. The van der Waals surface area contributed by atoms with Crippen LogP contribution in [0.5, 0.6) is 0 Å². The number of aromatic nitrogens is 6. The Hall–Kier alpha value is -17.7. The first kappa shape index (κ1) is 84.3. The quantitative estimate of drug-likeness (QED) is 0.103. The van der Waals surface area contributed by atoms with E-state index in [9.17, 15) is 0 Å². The molecule has 0 aliphatic carbocycles. The van der Waals surface area contributed by atoms with E-state index < -0.39 is 0 Å². The lowest BCUT2D eigenvalue weighted by Gasteiger charge is -2.28. The predicted octanol–water partition coefficient (Wildman–Crippen LogP) is 35.5. The van der Waals surface area contributed by atoms with Gasteiger partial charge in [-0.3, -0.25) is 0 Å². The largest absolute Gasteiger partial charge is 0.317 e. The van der Waals surface area contributed by atoms with Gasteiger partial charge in [0, 0.05) is 152 Å². The smallest absolute Gasteiger partial charge is 0.0548 e. The Morgan fingerprint density at radius 3 is 0.748 bits per heavy atom. The fourth-order valence-corrected chi connectivity index (χ4v) is 21.0. The van der Waals surface area contributed by atoms with E-state index in [0.29, 0.717) is 0 Å². The summed E-state index contributed by atoms with van der Waals surface area (Å²) < 4.78 is 14.1. The molecule has 9 nitrogen and oxygen atoms in total. The number of hydrogen-bond acceptors (Lipinski definition) is 3. The van der Waals surface area contributed by atoms with Crippen LogP contribution >= 0.6 is 0 Å². The van der Waals surface area contributed by atoms with Gasteiger partial charge in [0.2, 0.25) is 0 Å². The third kappa shape index (κ3) is 15.4. The molecule has 0 saturated heterocycles. The Labute approximate surface area is 808 Å². The molecule has 0 atom stereocenters. The number of rotatable bonds is 15. The van der Waals surface area contributed by atoms with Crippen molar-refractivity contribution in [3.05, 3.63) is 515 Å². The molecule has 0 saturated carbocycles. The molecule has 6 aromatic heterocycles. The highest BCUT2D eigenvalue weighted by molar-refractivity contribution is 6.24. The van der Waals surface area contributed by atoms with Gasteiger partial charge in [-0.25, -0.2) is 0 Å². The Morgan fingerprint density at radius 1 is 0.158 bits per heavy atom. The highest BCUT2D eigenvalue weighted by Crippen LogP contribution is 2.47. The molecule has 0 radical (unpaired) electrons. The van der Waals surface area contributed by atoms with E-state index in [1.807, 2.05) is 0 Å². The van der Waals surface area contributed by atoms with Gasteiger partial charge in [-0.15, -0.1) is 0 Å². The maximum absolute atomic E-state index is 2.43. The second-order valence-corrected chi connectivity index (χ2v) is 38.2. The molecule has 0 amide bonds. The molecule has 0 aliphatic rings. The molecule has 9 heteroatoms. The molecule has 0 aliphatic heterocycles. The van der Waals surface area contributed by atoms with Crippen LogP contribution in [0.15, 0.2) is 504 Å².